The van der Waals surface area contributed by atoms with Gasteiger partial charge in [-0.15, -0.1) is 11.3 Å². The highest BCUT2D eigenvalue weighted by molar-refractivity contribution is 7.13. The van der Waals surface area contributed by atoms with Crippen molar-refractivity contribution >= 4 is 22.4 Å². The maximum absolute atomic E-state index is 11.0. The molecule has 1 unspecified atom stereocenters. The standard InChI is InChI=1S/C13H20N2O3S/c1-17-12(16)3-2-11-9-19-13(15-11)14-6-4-10-5-7-18-8-10/h9-10H,2-8H2,1H3,(H,14,15). The summed E-state index contributed by atoms with van der Waals surface area (Å²) < 4.78 is 9.95. The third-order valence-corrected chi connectivity index (χ3v) is 4.07. The Morgan fingerprint density at radius 1 is 1.68 bits per heavy atom. The second-order valence-corrected chi connectivity index (χ2v) is 5.52. The molecule has 1 saturated heterocycles. The normalized spacial score (nSPS) is 18.5. The highest BCUT2D eigenvalue weighted by Gasteiger charge is 2.15. The van der Waals surface area contributed by atoms with Crippen LogP contribution in [0, 0.1) is 5.92 Å². The van der Waals surface area contributed by atoms with Crippen LogP contribution in [0.1, 0.15) is 25.0 Å². The molecule has 106 valence electrons. The Balaban J connectivity index is 1.66. The number of anilines is 1. The fourth-order valence-electron chi connectivity index (χ4n) is 2.03. The number of thiazole rings is 1. The van der Waals surface area contributed by atoms with Crippen LogP contribution in [-0.2, 0) is 20.7 Å². The van der Waals surface area contributed by atoms with Gasteiger partial charge in [-0.25, -0.2) is 4.98 Å². The highest BCUT2D eigenvalue weighted by Crippen LogP contribution is 2.19. The van der Waals surface area contributed by atoms with Crippen molar-refractivity contribution in [3.63, 3.8) is 0 Å². The topological polar surface area (TPSA) is 60.5 Å². The molecule has 0 radical (unpaired) electrons. The van der Waals surface area contributed by atoms with E-state index in [1.807, 2.05) is 5.38 Å². The van der Waals surface area contributed by atoms with Gasteiger partial charge in [-0.05, 0) is 18.8 Å². The predicted octanol–water partition coefficient (Wildman–Crippen LogP) is 2.09. The zero-order valence-corrected chi connectivity index (χ0v) is 12.0. The summed E-state index contributed by atoms with van der Waals surface area (Å²) in [4.78, 5) is 15.5. The second kappa shape index (κ2) is 7.45. The van der Waals surface area contributed by atoms with Gasteiger partial charge in [0.1, 0.15) is 0 Å². The second-order valence-electron chi connectivity index (χ2n) is 4.67. The average Bonchev–Trinajstić information content (AvgIpc) is 3.07. The Labute approximate surface area is 117 Å². The minimum absolute atomic E-state index is 0.191. The first-order valence-electron chi connectivity index (χ1n) is 6.60. The van der Waals surface area contributed by atoms with E-state index in [2.05, 4.69) is 15.0 Å². The van der Waals surface area contributed by atoms with Gasteiger partial charge in [-0.2, -0.15) is 0 Å². The quantitative estimate of drug-likeness (QED) is 0.777. The number of aryl methyl sites for hydroxylation is 1. The first-order valence-corrected chi connectivity index (χ1v) is 7.48. The summed E-state index contributed by atoms with van der Waals surface area (Å²) in [7, 11) is 1.41. The van der Waals surface area contributed by atoms with Gasteiger partial charge in [0.05, 0.1) is 19.2 Å². The SMILES string of the molecule is COC(=O)CCc1csc(NCCC2CCOC2)n1. The fourth-order valence-corrected chi connectivity index (χ4v) is 2.80. The van der Waals surface area contributed by atoms with E-state index in [1.54, 1.807) is 11.3 Å². The number of methoxy groups -OCH3 is 1. The average molecular weight is 284 g/mol. The minimum Gasteiger partial charge on any atom is -0.469 e. The zero-order valence-electron chi connectivity index (χ0n) is 11.2. The molecule has 1 aliphatic heterocycles. The molecule has 2 rings (SSSR count). The summed E-state index contributed by atoms with van der Waals surface area (Å²) in [5.74, 6) is 0.495. The Kier molecular flexibility index (Phi) is 5.60. The van der Waals surface area contributed by atoms with E-state index in [1.165, 1.54) is 13.5 Å². The van der Waals surface area contributed by atoms with Gasteiger partial charge in [-0.3, -0.25) is 4.79 Å². The van der Waals surface area contributed by atoms with E-state index in [0.717, 1.165) is 37.0 Å². The highest BCUT2D eigenvalue weighted by atomic mass is 32.1. The molecule has 1 aromatic heterocycles. The maximum Gasteiger partial charge on any atom is 0.305 e. The van der Waals surface area contributed by atoms with Gasteiger partial charge in [0.25, 0.3) is 0 Å². The molecule has 0 aliphatic carbocycles. The largest absolute Gasteiger partial charge is 0.469 e. The summed E-state index contributed by atoms with van der Waals surface area (Å²) in [6, 6.07) is 0. The zero-order chi connectivity index (χ0) is 13.5. The van der Waals surface area contributed by atoms with Crippen LogP contribution in [0.5, 0.6) is 0 Å². The molecule has 0 bridgehead atoms. The third kappa shape index (κ3) is 4.80. The van der Waals surface area contributed by atoms with Gasteiger partial charge in [-0.1, -0.05) is 0 Å². The number of hydrogen-bond donors (Lipinski definition) is 1. The lowest BCUT2D eigenvalue weighted by Crippen LogP contribution is -2.09. The van der Waals surface area contributed by atoms with Crippen molar-refractivity contribution in [1.29, 1.82) is 0 Å². The van der Waals surface area contributed by atoms with Crippen LogP contribution >= 0.6 is 11.3 Å². The minimum atomic E-state index is -0.191. The van der Waals surface area contributed by atoms with Crippen molar-refractivity contribution < 1.29 is 14.3 Å². The van der Waals surface area contributed by atoms with Crippen LogP contribution in [-0.4, -0.2) is 37.8 Å². The van der Waals surface area contributed by atoms with Crippen molar-refractivity contribution in [3.8, 4) is 0 Å². The molecule has 6 heteroatoms. The van der Waals surface area contributed by atoms with Crippen molar-refractivity contribution in [2.24, 2.45) is 5.92 Å². The monoisotopic (exact) mass is 284 g/mol. The lowest BCUT2D eigenvalue weighted by atomic mass is 10.1. The molecular weight excluding hydrogens is 264 g/mol. The summed E-state index contributed by atoms with van der Waals surface area (Å²) >= 11 is 1.59. The number of ether oxygens (including phenoxy) is 2. The van der Waals surface area contributed by atoms with Crippen molar-refractivity contribution in [1.82, 2.24) is 4.98 Å². The van der Waals surface area contributed by atoms with Gasteiger partial charge >= 0.3 is 5.97 Å². The number of aromatic nitrogens is 1. The van der Waals surface area contributed by atoms with Crippen molar-refractivity contribution in [3.05, 3.63) is 11.1 Å². The predicted molar refractivity (Wildman–Crippen MR) is 74.5 cm³/mol. The van der Waals surface area contributed by atoms with Crippen LogP contribution in [0.2, 0.25) is 0 Å². The Hall–Kier alpha value is -1.14. The molecule has 2 heterocycles. The Morgan fingerprint density at radius 3 is 3.32 bits per heavy atom. The van der Waals surface area contributed by atoms with E-state index in [4.69, 9.17) is 4.74 Å². The molecule has 0 aromatic carbocycles. The van der Waals surface area contributed by atoms with Crippen molar-refractivity contribution in [2.75, 3.05) is 32.2 Å². The summed E-state index contributed by atoms with van der Waals surface area (Å²) in [6.07, 6.45) is 3.32. The number of hydrogen-bond acceptors (Lipinski definition) is 6. The molecule has 5 nitrogen and oxygen atoms in total. The number of carbonyl (C=O) groups excluding carboxylic acids is 1. The molecule has 1 aliphatic rings. The number of esters is 1. The van der Waals surface area contributed by atoms with Crippen molar-refractivity contribution in [2.45, 2.75) is 25.7 Å². The first kappa shape index (κ1) is 14.3. The molecule has 1 aromatic rings. The van der Waals surface area contributed by atoms with Crippen LogP contribution in [0.3, 0.4) is 0 Å². The fraction of sp³-hybridized carbons (Fsp3) is 0.692. The lowest BCUT2D eigenvalue weighted by Gasteiger charge is -2.07. The summed E-state index contributed by atoms with van der Waals surface area (Å²) in [5, 5.41) is 6.25. The van der Waals surface area contributed by atoms with E-state index in [-0.39, 0.29) is 5.97 Å². The van der Waals surface area contributed by atoms with Gasteiger partial charge in [0.2, 0.25) is 0 Å². The van der Waals surface area contributed by atoms with Crippen LogP contribution in [0.25, 0.3) is 0 Å². The number of carbonyl (C=O) groups is 1. The molecule has 1 fully saturated rings. The van der Waals surface area contributed by atoms with E-state index in [0.29, 0.717) is 18.8 Å². The molecule has 0 saturated carbocycles. The first-order chi connectivity index (χ1) is 9.28. The molecule has 1 N–H and O–H groups in total. The van der Waals surface area contributed by atoms with E-state index >= 15 is 0 Å². The van der Waals surface area contributed by atoms with Gasteiger partial charge in [0, 0.05) is 31.6 Å². The summed E-state index contributed by atoms with van der Waals surface area (Å²) in [6.45, 7) is 2.72. The maximum atomic E-state index is 11.0. The Bertz CT molecular complexity index is 402. The number of rotatable bonds is 7. The van der Waals surface area contributed by atoms with Gasteiger partial charge < -0.3 is 14.8 Å². The number of nitrogens with zero attached hydrogens (tertiary/aromatic N) is 1. The molecule has 0 spiro atoms. The van der Waals surface area contributed by atoms with Crippen LogP contribution < -0.4 is 5.32 Å². The summed E-state index contributed by atoms with van der Waals surface area (Å²) in [5.41, 5.74) is 0.946. The Morgan fingerprint density at radius 2 is 2.58 bits per heavy atom. The lowest BCUT2D eigenvalue weighted by molar-refractivity contribution is -0.140. The van der Waals surface area contributed by atoms with E-state index < -0.39 is 0 Å². The van der Waals surface area contributed by atoms with Crippen LogP contribution in [0.4, 0.5) is 5.13 Å². The molecule has 1 atom stereocenters. The third-order valence-electron chi connectivity index (χ3n) is 3.22. The van der Waals surface area contributed by atoms with Gasteiger partial charge in [0.15, 0.2) is 5.13 Å². The number of nitrogens with one attached hydrogen (secondary N) is 1. The van der Waals surface area contributed by atoms with E-state index in [9.17, 15) is 4.79 Å². The molecular formula is C13H20N2O3S. The molecule has 19 heavy (non-hydrogen) atoms. The smallest absolute Gasteiger partial charge is 0.305 e. The van der Waals surface area contributed by atoms with Crippen LogP contribution in [0.15, 0.2) is 5.38 Å². The molecule has 0 amide bonds.